The molecule has 0 spiro atoms. The summed E-state index contributed by atoms with van der Waals surface area (Å²) in [5.74, 6) is 0.441. The summed E-state index contributed by atoms with van der Waals surface area (Å²) in [6, 6.07) is 0. The van der Waals surface area contributed by atoms with Gasteiger partial charge < -0.3 is 15.7 Å². The van der Waals surface area contributed by atoms with E-state index in [-0.39, 0.29) is 35.5 Å². The normalized spacial score (nSPS) is 12.7. The van der Waals surface area contributed by atoms with Crippen molar-refractivity contribution in [3.8, 4) is 0 Å². The molecule has 5 nitrogen and oxygen atoms in total. The lowest BCUT2D eigenvalue weighted by Gasteiger charge is -2.26. The molecule has 1 aromatic rings. The standard InChI is InChI=1S/C14H23F3N4OS.HI/c1-4-13(22,5-2)9-20-12(18-6-3)19-7-11-21-10(8-23-11)14(15,16)17;/h8,22H,4-7,9H2,1-3H3,(H2,18,19,20);1H. The van der Waals surface area contributed by atoms with Gasteiger partial charge in [-0.15, -0.1) is 35.3 Å². The van der Waals surface area contributed by atoms with Gasteiger partial charge in [-0.05, 0) is 19.8 Å². The van der Waals surface area contributed by atoms with E-state index in [1.165, 1.54) is 0 Å². The highest BCUT2D eigenvalue weighted by Crippen LogP contribution is 2.30. The van der Waals surface area contributed by atoms with E-state index in [0.29, 0.717) is 31.9 Å². The smallest absolute Gasteiger partial charge is 0.388 e. The van der Waals surface area contributed by atoms with Gasteiger partial charge in [-0.25, -0.2) is 9.98 Å². The number of aromatic nitrogens is 1. The Labute approximate surface area is 161 Å². The van der Waals surface area contributed by atoms with Crippen LogP contribution in [-0.2, 0) is 12.7 Å². The van der Waals surface area contributed by atoms with Gasteiger partial charge in [0.2, 0.25) is 0 Å². The van der Waals surface area contributed by atoms with Crippen LogP contribution in [0.1, 0.15) is 44.3 Å². The van der Waals surface area contributed by atoms with Crippen molar-refractivity contribution < 1.29 is 18.3 Å². The third kappa shape index (κ3) is 7.51. The van der Waals surface area contributed by atoms with Crippen LogP contribution in [-0.4, -0.2) is 34.7 Å². The molecule has 10 heteroatoms. The molecule has 0 unspecified atom stereocenters. The molecule has 0 aliphatic carbocycles. The van der Waals surface area contributed by atoms with E-state index < -0.39 is 17.5 Å². The third-order valence-corrected chi connectivity index (χ3v) is 4.29. The van der Waals surface area contributed by atoms with Crippen LogP contribution < -0.4 is 10.6 Å². The highest BCUT2D eigenvalue weighted by Gasteiger charge is 2.33. The van der Waals surface area contributed by atoms with Crippen molar-refractivity contribution in [1.29, 1.82) is 0 Å². The Morgan fingerprint density at radius 3 is 2.33 bits per heavy atom. The second-order valence-corrected chi connectivity index (χ2v) is 6.05. The minimum absolute atomic E-state index is 0. The Morgan fingerprint density at radius 1 is 1.25 bits per heavy atom. The van der Waals surface area contributed by atoms with Crippen molar-refractivity contribution in [2.24, 2.45) is 4.99 Å². The van der Waals surface area contributed by atoms with Gasteiger partial charge in [0.1, 0.15) is 5.01 Å². The number of rotatable bonds is 7. The van der Waals surface area contributed by atoms with Crippen molar-refractivity contribution >= 4 is 41.3 Å². The molecule has 140 valence electrons. The van der Waals surface area contributed by atoms with E-state index >= 15 is 0 Å². The summed E-state index contributed by atoms with van der Waals surface area (Å²) in [6.07, 6.45) is -3.24. The molecule has 1 rings (SSSR count). The fourth-order valence-electron chi connectivity index (χ4n) is 1.75. The van der Waals surface area contributed by atoms with Crippen molar-refractivity contribution in [3.63, 3.8) is 0 Å². The average molecular weight is 480 g/mol. The van der Waals surface area contributed by atoms with E-state index in [9.17, 15) is 18.3 Å². The van der Waals surface area contributed by atoms with Gasteiger partial charge in [0.15, 0.2) is 11.7 Å². The maximum Gasteiger partial charge on any atom is 0.434 e. The molecule has 0 aliphatic heterocycles. The minimum atomic E-state index is -4.43. The number of aliphatic imine (C=N–C) groups is 1. The number of hydrogen-bond donors (Lipinski definition) is 3. The van der Waals surface area contributed by atoms with Gasteiger partial charge in [-0.3, -0.25) is 0 Å². The quantitative estimate of drug-likeness (QED) is 0.318. The van der Waals surface area contributed by atoms with Crippen molar-refractivity contribution in [3.05, 3.63) is 16.1 Å². The van der Waals surface area contributed by atoms with E-state index in [0.717, 1.165) is 16.7 Å². The van der Waals surface area contributed by atoms with Crippen LogP contribution in [0.15, 0.2) is 10.4 Å². The Morgan fingerprint density at radius 2 is 1.88 bits per heavy atom. The second kappa shape index (κ2) is 10.4. The predicted molar refractivity (Wildman–Crippen MR) is 101 cm³/mol. The molecule has 0 amide bonds. The average Bonchev–Trinajstić information content (AvgIpc) is 2.99. The van der Waals surface area contributed by atoms with Crippen molar-refractivity contribution in [2.75, 3.05) is 13.1 Å². The van der Waals surface area contributed by atoms with Crippen molar-refractivity contribution in [2.45, 2.75) is 51.9 Å². The monoisotopic (exact) mass is 480 g/mol. The summed E-state index contributed by atoms with van der Waals surface area (Å²) in [5, 5.41) is 17.5. The van der Waals surface area contributed by atoms with Crippen LogP contribution in [0.5, 0.6) is 0 Å². The summed E-state index contributed by atoms with van der Waals surface area (Å²) in [5.41, 5.74) is -1.72. The van der Waals surface area contributed by atoms with Crippen LogP contribution in [0.4, 0.5) is 13.2 Å². The lowest BCUT2D eigenvalue weighted by molar-refractivity contribution is -0.140. The second-order valence-electron chi connectivity index (χ2n) is 5.10. The number of thiazole rings is 1. The minimum Gasteiger partial charge on any atom is -0.388 e. The van der Waals surface area contributed by atoms with E-state index in [1.807, 2.05) is 20.8 Å². The first-order valence-corrected chi connectivity index (χ1v) is 8.38. The fraction of sp³-hybridized carbons (Fsp3) is 0.714. The number of alkyl halides is 3. The number of aliphatic hydroxyl groups is 1. The number of nitrogens with one attached hydrogen (secondary N) is 2. The first kappa shape index (κ1) is 23.4. The Balaban J connectivity index is 0.00000529. The molecule has 1 aromatic heterocycles. The summed E-state index contributed by atoms with van der Waals surface area (Å²) >= 11 is 0.926. The van der Waals surface area contributed by atoms with Crippen LogP contribution in [0.2, 0.25) is 0 Å². The maximum absolute atomic E-state index is 12.5. The molecule has 0 saturated carbocycles. The molecule has 0 aromatic carbocycles. The molecule has 0 aliphatic rings. The summed E-state index contributed by atoms with van der Waals surface area (Å²) in [4.78, 5) is 7.75. The number of nitrogens with zero attached hydrogens (tertiary/aromatic N) is 2. The van der Waals surface area contributed by atoms with E-state index in [4.69, 9.17) is 0 Å². The molecule has 1 heterocycles. The molecule has 0 fully saturated rings. The van der Waals surface area contributed by atoms with Gasteiger partial charge in [0.25, 0.3) is 0 Å². The topological polar surface area (TPSA) is 69.5 Å². The molecule has 0 radical (unpaired) electrons. The van der Waals surface area contributed by atoms with Gasteiger partial charge in [-0.1, -0.05) is 13.8 Å². The SMILES string of the molecule is CCNC(=NCc1nc(C(F)(F)F)cs1)NCC(O)(CC)CC.I. The van der Waals surface area contributed by atoms with E-state index in [2.05, 4.69) is 20.6 Å². The first-order chi connectivity index (χ1) is 10.7. The number of guanidine groups is 1. The predicted octanol–water partition coefficient (Wildman–Crippen LogP) is 3.39. The zero-order chi connectivity index (χ0) is 17.5. The van der Waals surface area contributed by atoms with Gasteiger partial charge in [0.05, 0.1) is 12.1 Å². The van der Waals surface area contributed by atoms with Crippen LogP contribution >= 0.6 is 35.3 Å². The van der Waals surface area contributed by atoms with Gasteiger partial charge >= 0.3 is 6.18 Å². The van der Waals surface area contributed by atoms with Gasteiger partial charge in [0, 0.05) is 18.5 Å². The molecular weight excluding hydrogens is 456 g/mol. The highest BCUT2D eigenvalue weighted by molar-refractivity contribution is 14.0. The number of halogens is 4. The maximum atomic E-state index is 12.5. The zero-order valence-electron chi connectivity index (χ0n) is 13.9. The lowest BCUT2D eigenvalue weighted by atomic mass is 9.98. The molecule has 3 N–H and O–H groups in total. The van der Waals surface area contributed by atoms with Crippen LogP contribution in [0.3, 0.4) is 0 Å². The van der Waals surface area contributed by atoms with Crippen LogP contribution in [0, 0.1) is 0 Å². The number of hydrogen-bond acceptors (Lipinski definition) is 4. The Bertz CT molecular complexity index is 518. The van der Waals surface area contributed by atoms with Gasteiger partial charge in [-0.2, -0.15) is 13.2 Å². The molecule has 24 heavy (non-hydrogen) atoms. The first-order valence-electron chi connectivity index (χ1n) is 7.50. The molecule has 0 saturated heterocycles. The van der Waals surface area contributed by atoms with E-state index in [1.54, 1.807) is 0 Å². The fourth-order valence-corrected chi connectivity index (χ4v) is 2.47. The lowest BCUT2D eigenvalue weighted by Crippen LogP contribution is -2.46. The third-order valence-electron chi connectivity index (χ3n) is 3.46. The zero-order valence-corrected chi connectivity index (χ0v) is 17.1. The Kier molecular flexibility index (Phi) is 10.1. The summed E-state index contributed by atoms with van der Waals surface area (Å²) in [7, 11) is 0. The van der Waals surface area contributed by atoms with Crippen LogP contribution in [0.25, 0.3) is 0 Å². The summed E-state index contributed by atoms with van der Waals surface area (Å²) in [6.45, 7) is 6.64. The highest BCUT2D eigenvalue weighted by atomic mass is 127. The molecular formula is C14H24F3IN4OS. The molecule has 0 atom stereocenters. The molecule has 0 bridgehead atoms. The largest absolute Gasteiger partial charge is 0.434 e. The Hall–Kier alpha value is -0.620. The summed E-state index contributed by atoms with van der Waals surface area (Å²) < 4.78 is 37.5. The van der Waals surface area contributed by atoms with Crippen molar-refractivity contribution in [1.82, 2.24) is 15.6 Å².